The van der Waals surface area contributed by atoms with Gasteiger partial charge in [0.1, 0.15) is 17.9 Å². The molecule has 0 aliphatic rings. The Kier molecular flexibility index (Phi) is 5.01. The lowest BCUT2D eigenvalue weighted by molar-refractivity contribution is 0.0646. The number of hydrogen-bond donors (Lipinski definition) is 1. The maximum atomic E-state index is 11.0. The molecule has 1 rings (SSSR count). The Bertz CT molecular complexity index is 378. The molecule has 16 heavy (non-hydrogen) atoms. The summed E-state index contributed by atoms with van der Waals surface area (Å²) >= 11 is 2.06. The summed E-state index contributed by atoms with van der Waals surface area (Å²) in [5.41, 5.74) is 0.176. The van der Waals surface area contributed by atoms with Gasteiger partial charge in [0.05, 0.1) is 6.10 Å². The Hall–Kier alpha value is -0.820. The average molecular weight is 336 g/mol. The van der Waals surface area contributed by atoms with Crippen LogP contribution in [0.3, 0.4) is 0 Å². The molecule has 0 saturated carbocycles. The molecule has 0 radical (unpaired) electrons. The third-order valence-corrected chi connectivity index (χ3v) is 2.72. The molecule has 0 amide bonds. The first-order valence-corrected chi connectivity index (χ1v) is 5.81. The number of aromatic carboxylic acids is 1. The molecular formula is C11H13IO4. The zero-order chi connectivity index (χ0) is 12.1. The molecule has 1 aromatic carbocycles. The molecule has 0 heterocycles. The molecule has 0 aliphatic heterocycles. The van der Waals surface area contributed by atoms with Crippen LogP contribution in [-0.4, -0.2) is 30.9 Å². The third kappa shape index (κ3) is 3.64. The number of carbonyl (C=O) groups is 1. The van der Waals surface area contributed by atoms with E-state index in [2.05, 4.69) is 22.6 Å². The molecule has 1 N–H and O–H groups in total. The van der Waals surface area contributed by atoms with Gasteiger partial charge in [0.2, 0.25) is 0 Å². The SMILES string of the molecule is COC(C)COc1ccc(I)cc1C(=O)O. The summed E-state index contributed by atoms with van der Waals surface area (Å²) < 4.78 is 11.3. The van der Waals surface area contributed by atoms with Crippen LogP contribution >= 0.6 is 22.6 Å². The summed E-state index contributed by atoms with van der Waals surface area (Å²) in [5, 5.41) is 9.00. The lowest BCUT2D eigenvalue weighted by atomic mass is 10.2. The smallest absolute Gasteiger partial charge is 0.339 e. The summed E-state index contributed by atoms with van der Waals surface area (Å²) in [6, 6.07) is 5.04. The van der Waals surface area contributed by atoms with Gasteiger partial charge in [0, 0.05) is 10.7 Å². The Morgan fingerprint density at radius 1 is 1.56 bits per heavy atom. The summed E-state index contributed by atoms with van der Waals surface area (Å²) in [6.45, 7) is 2.19. The van der Waals surface area contributed by atoms with Crippen LogP contribution in [0, 0.1) is 3.57 Å². The molecule has 1 unspecified atom stereocenters. The van der Waals surface area contributed by atoms with Crippen LogP contribution in [0.5, 0.6) is 5.75 Å². The van der Waals surface area contributed by atoms with Crippen LogP contribution in [0.1, 0.15) is 17.3 Å². The molecule has 5 heteroatoms. The van der Waals surface area contributed by atoms with Crippen molar-refractivity contribution in [1.82, 2.24) is 0 Å². The first kappa shape index (κ1) is 13.2. The van der Waals surface area contributed by atoms with E-state index in [1.54, 1.807) is 25.3 Å². The largest absolute Gasteiger partial charge is 0.490 e. The Morgan fingerprint density at radius 2 is 2.25 bits per heavy atom. The quantitative estimate of drug-likeness (QED) is 0.839. The van der Waals surface area contributed by atoms with E-state index < -0.39 is 5.97 Å². The van der Waals surface area contributed by atoms with Crippen molar-refractivity contribution in [1.29, 1.82) is 0 Å². The van der Waals surface area contributed by atoms with Gasteiger partial charge in [-0.1, -0.05) is 0 Å². The maximum Gasteiger partial charge on any atom is 0.339 e. The highest BCUT2D eigenvalue weighted by Crippen LogP contribution is 2.21. The van der Waals surface area contributed by atoms with Gasteiger partial charge in [-0.25, -0.2) is 4.79 Å². The fourth-order valence-electron chi connectivity index (χ4n) is 1.07. The molecule has 0 fully saturated rings. The van der Waals surface area contributed by atoms with Crippen molar-refractivity contribution < 1.29 is 19.4 Å². The van der Waals surface area contributed by atoms with Crippen molar-refractivity contribution in [2.45, 2.75) is 13.0 Å². The minimum atomic E-state index is -0.987. The Balaban J connectivity index is 2.82. The van der Waals surface area contributed by atoms with Crippen LogP contribution in [0.15, 0.2) is 18.2 Å². The summed E-state index contributed by atoms with van der Waals surface area (Å²) in [6.07, 6.45) is -0.0686. The average Bonchev–Trinajstić information content (AvgIpc) is 2.26. The van der Waals surface area contributed by atoms with E-state index in [1.807, 2.05) is 6.92 Å². The molecule has 0 saturated heterocycles. The van der Waals surface area contributed by atoms with E-state index in [4.69, 9.17) is 14.6 Å². The van der Waals surface area contributed by atoms with Crippen molar-refractivity contribution in [2.75, 3.05) is 13.7 Å². The molecule has 0 bridgehead atoms. The van der Waals surface area contributed by atoms with Crippen LogP contribution in [0.25, 0.3) is 0 Å². The second-order valence-electron chi connectivity index (χ2n) is 3.30. The molecule has 0 spiro atoms. The normalized spacial score (nSPS) is 12.2. The molecule has 1 atom stereocenters. The van der Waals surface area contributed by atoms with Crippen molar-refractivity contribution in [3.8, 4) is 5.75 Å². The predicted molar refractivity (Wildman–Crippen MR) is 68.1 cm³/mol. The number of rotatable bonds is 5. The van der Waals surface area contributed by atoms with Crippen molar-refractivity contribution in [2.24, 2.45) is 0 Å². The number of carboxylic acid groups (broad SMARTS) is 1. The van der Waals surface area contributed by atoms with Gasteiger partial charge in [0.25, 0.3) is 0 Å². The highest BCUT2D eigenvalue weighted by atomic mass is 127. The standard InChI is InChI=1S/C11H13IO4/c1-7(15-2)6-16-10-4-3-8(12)5-9(10)11(13)14/h3-5,7H,6H2,1-2H3,(H,13,14). The van der Waals surface area contributed by atoms with Gasteiger partial charge in [0.15, 0.2) is 0 Å². The predicted octanol–water partition coefficient (Wildman–Crippen LogP) is 2.40. The van der Waals surface area contributed by atoms with Crippen LogP contribution in [0.4, 0.5) is 0 Å². The summed E-state index contributed by atoms with van der Waals surface area (Å²) in [4.78, 5) is 11.0. The second-order valence-corrected chi connectivity index (χ2v) is 4.55. The van der Waals surface area contributed by atoms with Crippen LogP contribution in [0.2, 0.25) is 0 Å². The number of benzene rings is 1. The lowest BCUT2D eigenvalue weighted by Gasteiger charge is -2.13. The van der Waals surface area contributed by atoms with Crippen LogP contribution in [-0.2, 0) is 4.74 Å². The number of carboxylic acids is 1. The van der Waals surface area contributed by atoms with E-state index in [9.17, 15) is 4.79 Å². The van der Waals surface area contributed by atoms with Crippen LogP contribution < -0.4 is 4.74 Å². The monoisotopic (exact) mass is 336 g/mol. The third-order valence-electron chi connectivity index (χ3n) is 2.05. The maximum absolute atomic E-state index is 11.0. The summed E-state index contributed by atoms with van der Waals surface area (Å²) in [7, 11) is 1.58. The van der Waals surface area contributed by atoms with Gasteiger partial charge in [-0.2, -0.15) is 0 Å². The Morgan fingerprint density at radius 3 is 2.81 bits per heavy atom. The first-order valence-electron chi connectivity index (χ1n) is 4.73. The van der Waals surface area contributed by atoms with Crippen molar-refractivity contribution in [3.05, 3.63) is 27.3 Å². The van der Waals surface area contributed by atoms with Gasteiger partial charge in [-0.15, -0.1) is 0 Å². The highest BCUT2D eigenvalue weighted by Gasteiger charge is 2.12. The van der Waals surface area contributed by atoms with Crippen molar-refractivity contribution >= 4 is 28.6 Å². The van der Waals surface area contributed by atoms with E-state index in [0.29, 0.717) is 12.4 Å². The molecule has 1 aromatic rings. The number of halogens is 1. The van der Waals surface area contributed by atoms with E-state index in [0.717, 1.165) is 3.57 Å². The van der Waals surface area contributed by atoms with Gasteiger partial charge in [-0.3, -0.25) is 0 Å². The molecule has 88 valence electrons. The molecular weight excluding hydrogens is 323 g/mol. The Labute approximate surface area is 108 Å². The number of hydrogen-bond acceptors (Lipinski definition) is 3. The molecule has 0 aliphatic carbocycles. The topological polar surface area (TPSA) is 55.8 Å². The minimum Gasteiger partial charge on any atom is -0.490 e. The first-order chi connectivity index (χ1) is 7.54. The second kappa shape index (κ2) is 6.05. The zero-order valence-electron chi connectivity index (χ0n) is 9.07. The van der Waals surface area contributed by atoms with E-state index in [1.165, 1.54) is 0 Å². The zero-order valence-corrected chi connectivity index (χ0v) is 11.2. The fraction of sp³-hybridized carbons (Fsp3) is 0.364. The van der Waals surface area contributed by atoms with E-state index in [-0.39, 0.29) is 11.7 Å². The number of ether oxygens (including phenoxy) is 2. The summed E-state index contributed by atoms with van der Waals surface area (Å²) in [5.74, 6) is -0.615. The van der Waals surface area contributed by atoms with Gasteiger partial charge in [-0.05, 0) is 47.7 Å². The van der Waals surface area contributed by atoms with Gasteiger partial charge >= 0.3 is 5.97 Å². The highest BCUT2D eigenvalue weighted by molar-refractivity contribution is 14.1. The van der Waals surface area contributed by atoms with E-state index >= 15 is 0 Å². The number of methoxy groups -OCH3 is 1. The minimum absolute atomic E-state index is 0.0686. The molecule has 0 aromatic heterocycles. The molecule has 4 nitrogen and oxygen atoms in total. The van der Waals surface area contributed by atoms with Gasteiger partial charge < -0.3 is 14.6 Å². The van der Waals surface area contributed by atoms with Crippen molar-refractivity contribution in [3.63, 3.8) is 0 Å². The lowest BCUT2D eigenvalue weighted by Crippen LogP contribution is -2.17. The fourth-order valence-corrected chi connectivity index (χ4v) is 1.56.